The Morgan fingerprint density at radius 2 is 2.08 bits per heavy atom. The molecule has 0 radical (unpaired) electrons. The first-order valence-corrected chi connectivity index (χ1v) is 9.62. The van der Waals surface area contributed by atoms with Crippen molar-refractivity contribution in [2.24, 2.45) is 13.0 Å². The second kappa shape index (κ2) is 7.23. The lowest BCUT2D eigenvalue weighted by Crippen LogP contribution is -2.41. The number of rotatable bonds is 5. The number of H-pyrrole nitrogens is 1. The summed E-state index contributed by atoms with van der Waals surface area (Å²) in [5.74, 6) is 0.548. The van der Waals surface area contributed by atoms with E-state index < -0.39 is 0 Å². The zero-order chi connectivity index (χ0) is 18.1. The van der Waals surface area contributed by atoms with Crippen LogP contribution in [0.1, 0.15) is 78.5 Å². The minimum absolute atomic E-state index is 0.0884. The third-order valence-corrected chi connectivity index (χ3v) is 5.92. The van der Waals surface area contributed by atoms with Crippen LogP contribution in [-0.4, -0.2) is 37.1 Å². The van der Waals surface area contributed by atoms with Crippen molar-refractivity contribution in [1.29, 1.82) is 0 Å². The Kier molecular flexibility index (Phi) is 4.80. The summed E-state index contributed by atoms with van der Waals surface area (Å²) in [6.45, 7) is 0. The van der Waals surface area contributed by atoms with Gasteiger partial charge in [0, 0.05) is 24.7 Å². The van der Waals surface area contributed by atoms with Crippen molar-refractivity contribution in [2.75, 3.05) is 0 Å². The van der Waals surface area contributed by atoms with E-state index in [0.717, 1.165) is 24.1 Å². The Bertz CT molecular complexity index is 756. The van der Waals surface area contributed by atoms with Gasteiger partial charge >= 0.3 is 0 Å². The highest BCUT2D eigenvalue weighted by Crippen LogP contribution is 2.38. The van der Waals surface area contributed by atoms with Crippen LogP contribution >= 0.6 is 0 Å². The van der Waals surface area contributed by atoms with E-state index in [2.05, 4.69) is 20.6 Å². The third-order valence-electron chi connectivity index (χ3n) is 5.92. The van der Waals surface area contributed by atoms with Crippen LogP contribution in [0, 0.1) is 5.92 Å². The summed E-state index contributed by atoms with van der Waals surface area (Å²) in [4.78, 5) is 13.0. The van der Waals surface area contributed by atoms with Crippen LogP contribution in [0.3, 0.4) is 0 Å². The van der Waals surface area contributed by atoms with E-state index in [1.807, 2.05) is 13.2 Å². The van der Waals surface area contributed by atoms with Gasteiger partial charge in [0.2, 0.25) is 0 Å². The van der Waals surface area contributed by atoms with E-state index in [9.17, 15) is 9.90 Å². The van der Waals surface area contributed by atoms with Crippen molar-refractivity contribution in [3.63, 3.8) is 0 Å². The molecule has 2 heterocycles. The second-order valence-corrected chi connectivity index (χ2v) is 7.82. The predicted octanol–water partition coefficient (Wildman–Crippen LogP) is 2.43. The molecule has 2 aliphatic rings. The maximum atomic E-state index is 13.0. The minimum Gasteiger partial charge on any atom is -0.393 e. The van der Waals surface area contributed by atoms with E-state index in [-0.39, 0.29) is 24.0 Å². The lowest BCUT2D eigenvalue weighted by atomic mass is 9.75. The van der Waals surface area contributed by atoms with Gasteiger partial charge in [0.05, 0.1) is 35.8 Å². The molecule has 7 heteroatoms. The zero-order valence-electron chi connectivity index (χ0n) is 15.2. The van der Waals surface area contributed by atoms with Gasteiger partial charge < -0.3 is 10.4 Å². The summed E-state index contributed by atoms with van der Waals surface area (Å²) >= 11 is 0. The molecule has 2 aromatic heterocycles. The number of amides is 1. The quantitative estimate of drug-likeness (QED) is 0.766. The number of hydrogen-bond donors (Lipinski definition) is 3. The summed E-state index contributed by atoms with van der Waals surface area (Å²) in [6.07, 6.45) is 12.5. The number of aryl methyl sites for hydroxylation is 1. The molecule has 0 bridgehead atoms. The van der Waals surface area contributed by atoms with Gasteiger partial charge in [0.15, 0.2) is 0 Å². The fourth-order valence-corrected chi connectivity index (χ4v) is 4.37. The molecular formula is C19H27N5O2. The number of aliphatic hydroxyl groups is 1. The van der Waals surface area contributed by atoms with Gasteiger partial charge in [0.25, 0.3) is 5.91 Å². The number of nitrogens with zero attached hydrogens (tertiary/aromatic N) is 3. The Morgan fingerprint density at radius 1 is 1.31 bits per heavy atom. The Labute approximate surface area is 153 Å². The highest BCUT2D eigenvalue weighted by Gasteiger charge is 2.37. The molecule has 2 aromatic rings. The smallest absolute Gasteiger partial charge is 0.255 e. The summed E-state index contributed by atoms with van der Waals surface area (Å²) in [5, 5.41) is 24.4. The van der Waals surface area contributed by atoms with Gasteiger partial charge in [-0.2, -0.15) is 10.2 Å². The molecule has 0 saturated heterocycles. The standard InChI is InChI=1S/C19H27N5O2/c1-24-11-14(9-21-24)17(13-7-15(25)8-13)22-19(26)16-10-20-23-18(16)12-5-3-2-4-6-12/h9-13,15,17,25H,2-8H2,1H3,(H,20,23)(H,22,26). The van der Waals surface area contributed by atoms with Crippen LogP contribution in [0.15, 0.2) is 18.6 Å². The first-order valence-electron chi connectivity index (χ1n) is 9.62. The fraction of sp³-hybridized carbons (Fsp3) is 0.632. The highest BCUT2D eigenvalue weighted by atomic mass is 16.3. The first kappa shape index (κ1) is 17.3. The average Bonchev–Trinajstić information content (AvgIpc) is 3.27. The SMILES string of the molecule is Cn1cc(C(NC(=O)c2cn[nH]c2C2CCCCC2)C2CC(O)C2)cn1. The molecule has 1 amide bonds. The lowest BCUT2D eigenvalue weighted by Gasteiger charge is -2.37. The van der Waals surface area contributed by atoms with Gasteiger partial charge in [-0.3, -0.25) is 14.6 Å². The summed E-state index contributed by atoms with van der Waals surface area (Å²) in [7, 11) is 1.87. The van der Waals surface area contributed by atoms with Gasteiger partial charge in [0.1, 0.15) is 0 Å². The van der Waals surface area contributed by atoms with Gasteiger partial charge in [-0.1, -0.05) is 19.3 Å². The van der Waals surface area contributed by atoms with Gasteiger partial charge in [-0.15, -0.1) is 0 Å². The van der Waals surface area contributed by atoms with Crippen molar-refractivity contribution >= 4 is 5.91 Å². The van der Waals surface area contributed by atoms with E-state index in [4.69, 9.17) is 0 Å². The largest absolute Gasteiger partial charge is 0.393 e. The Hall–Kier alpha value is -2.15. The normalized spacial score (nSPS) is 24.8. The van der Waals surface area contributed by atoms with Crippen LogP contribution in [0.5, 0.6) is 0 Å². The van der Waals surface area contributed by atoms with Crippen LogP contribution < -0.4 is 5.32 Å². The van der Waals surface area contributed by atoms with Gasteiger partial charge in [-0.05, 0) is 31.6 Å². The molecule has 7 nitrogen and oxygen atoms in total. The molecule has 2 saturated carbocycles. The van der Waals surface area contributed by atoms with Crippen molar-refractivity contribution in [3.8, 4) is 0 Å². The summed E-state index contributed by atoms with van der Waals surface area (Å²) < 4.78 is 1.74. The average molecular weight is 357 g/mol. The molecule has 2 aliphatic carbocycles. The lowest BCUT2D eigenvalue weighted by molar-refractivity contribution is 0.0235. The number of hydrogen-bond acceptors (Lipinski definition) is 4. The molecule has 0 spiro atoms. The molecule has 0 aromatic carbocycles. The molecule has 0 aliphatic heterocycles. The van der Waals surface area contributed by atoms with Crippen LogP contribution in [0.4, 0.5) is 0 Å². The number of nitrogens with one attached hydrogen (secondary N) is 2. The monoisotopic (exact) mass is 357 g/mol. The van der Waals surface area contributed by atoms with E-state index >= 15 is 0 Å². The van der Waals surface area contributed by atoms with Crippen LogP contribution in [-0.2, 0) is 7.05 Å². The molecule has 1 atom stereocenters. The van der Waals surface area contributed by atoms with Crippen molar-refractivity contribution in [2.45, 2.75) is 63.0 Å². The molecule has 3 N–H and O–H groups in total. The fourth-order valence-electron chi connectivity index (χ4n) is 4.37. The van der Waals surface area contributed by atoms with Crippen molar-refractivity contribution in [3.05, 3.63) is 35.4 Å². The number of carbonyl (C=O) groups is 1. The molecule has 4 rings (SSSR count). The molecule has 26 heavy (non-hydrogen) atoms. The molecule has 140 valence electrons. The van der Waals surface area contributed by atoms with Crippen molar-refractivity contribution < 1.29 is 9.90 Å². The molecular weight excluding hydrogens is 330 g/mol. The summed E-state index contributed by atoms with van der Waals surface area (Å²) in [5.41, 5.74) is 2.62. The van der Waals surface area contributed by atoms with E-state index in [1.54, 1.807) is 17.1 Å². The maximum absolute atomic E-state index is 13.0. The maximum Gasteiger partial charge on any atom is 0.255 e. The predicted molar refractivity (Wildman–Crippen MR) is 96.6 cm³/mol. The summed E-state index contributed by atoms with van der Waals surface area (Å²) in [6, 6.07) is -0.131. The first-order chi connectivity index (χ1) is 12.6. The van der Waals surface area contributed by atoms with E-state index in [0.29, 0.717) is 24.3 Å². The number of carbonyl (C=O) groups excluding carboxylic acids is 1. The Balaban J connectivity index is 1.52. The highest BCUT2D eigenvalue weighted by molar-refractivity contribution is 5.95. The van der Waals surface area contributed by atoms with E-state index in [1.165, 1.54) is 19.3 Å². The Morgan fingerprint density at radius 3 is 2.73 bits per heavy atom. The van der Waals surface area contributed by atoms with Crippen molar-refractivity contribution in [1.82, 2.24) is 25.3 Å². The second-order valence-electron chi connectivity index (χ2n) is 7.82. The van der Waals surface area contributed by atoms with Crippen LogP contribution in [0.25, 0.3) is 0 Å². The molecule has 2 fully saturated rings. The minimum atomic E-state index is -0.261. The topological polar surface area (TPSA) is 95.8 Å². The number of aliphatic hydroxyl groups excluding tert-OH is 1. The van der Waals surface area contributed by atoms with Gasteiger partial charge in [-0.25, -0.2) is 0 Å². The number of aromatic nitrogens is 4. The van der Waals surface area contributed by atoms with Crippen LogP contribution in [0.2, 0.25) is 0 Å². The molecule has 1 unspecified atom stereocenters. The third kappa shape index (κ3) is 3.40. The number of aromatic amines is 1. The zero-order valence-corrected chi connectivity index (χ0v) is 15.2.